The van der Waals surface area contributed by atoms with Crippen LogP contribution in [0.5, 0.6) is 5.75 Å². The van der Waals surface area contributed by atoms with E-state index in [1.807, 2.05) is 55.6 Å². The predicted octanol–water partition coefficient (Wildman–Crippen LogP) is 2.99. The first kappa shape index (κ1) is 20.8. The molecule has 0 unspecified atom stereocenters. The zero-order valence-corrected chi connectivity index (χ0v) is 18.0. The summed E-state index contributed by atoms with van der Waals surface area (Å²) in [5.74, 6) is 7.60. The SMILES string of the molecule is CCOc1ccc(-c2nnc(SCC(=O)NCCc3c[nH]c4ccccc34)n2N)cc1. The van der Waals surface area contributed by atoms with Crippen LogP contribution in [0.1, 0.15) is 12.5 Å². The zero-order chi connectivity index (χ0) is 21.6. The second-order valence-electron chi connectivity index (χ2n) is 6.88. The van der Waals surface area contributed by atoms with E-state index in [1.54, 1.807) is 0 Å². The normalized spacial score (nSPS) is 11.0. The van der Waals surface area contributed by atoms with Gasteiger partial charge in [-0.15, -0.1) is 10.2 Å². The van der Waals surface area contributed by atoms with Gasteiger partial charge in [-0.3, -0.25) is 4.79 Å². The number of aromatic amines is 1. The molecule has 1 amide bonds. The number of carbonyl (C=O) groups is 1. The first-order valence-corrected chi connectivity index (χ1v) is 11.0. The van der Waals surface area contributed by atoms with E-state index in [-0.39, 0.29) is 11.7 Å². The summed E-state index contributed by atoms with van der Waals surface area (Å²) in [4.78, 5) is 15.5. The van der Waals surface area contributed by atoms with Gasteiger partial charge in [0, 0.05) is 29.2 Å². The third-order valence-corrected chi connectivity index (χ3v) is 5.75. The van der Waals surface area contributed by atoms with Crippen molar-refractivity contribution in [2.45, 2.75) is 18.5 Å². The maximum Gasteiger partial charge on any atom is 0.230 e. The molecule has 0 radical (unpaired) electrons. The van der Waals surface area contributed by atoms with Gasteiger partial charge >= 0.3 is 0 Å². The molecule has 0 aliphatic heterocycles. The lowest BCUT2D eigenvalue weighted by Gasteiger charge is -2.06. The second-order valence-corrected chi connectivity index (χ2v) is 7.82. The van der Waals surface area contributed by atoms with Crippen LogP contribution >= 0.6 is 11.8 Å². The molecule has 8 nitrogen and oxygen atoms in total. The topological polar surface area (TPSA) is 111 Å². The molecule has 0 fully saturated rings. The van der Waals surface area contributed by atoms with Crippen molar-refractivity contribution >= 4 is 28.6 Å². The molecule has 4 rings (SSSR count). The number of nitrogens with one attached hydrogen (secondary N) is 2. The van der Waals surface area contributed by atoms with E-state index in [4.69, 9.17) is 10.6 Å². The highest BCUT2D eigenvalue weighted by Crippen LogP contribution is 2.23. The maximum atomic E-state index is 12.2. The van der Waals surface area contributed by atoms with Gasteiger partial charge in [0.15, 0.2) is 5.82 Å². The van der Waals surface area contributed by atoms with Gasteiger partial charge in [0.2, 0.25) is 11.1 Å². The summed E-state index contributed by atoms with van der Waals surface area (Å²) in [6, 6.07) is 15.6. The van der Waals surface area contributed by atoms with Crippen LogP contribution in [0, 0.1) is 0 Å². The number of benzene rings is 2. The van der Waals surface area contributed by atoms with Crippen molar-refractivity contribution in [1.82, 2.24) is 25.2 Å². The summed E-state index contributed by atoms with van der Waals surface area (Å²) in [6.45, 7) is 3.11. The van der Waals surface area contributed by atoms with E-state index in [0.29, 0.717) is 24.1 Å². The lowest BCUT2D eigenvalue weighted by atomic mass is 10.1. The first-order valence-electron chi connectivity index (χ1n) is 10.0. The third kappa shape index (κ3) is 4.83. The summed E-state index contributed by atoms with van der Waals surface area (Å²) < 4.78 is 6.85. The summed E-state index contributed by atoms with van der Waals surface area (Å²) in [7, 11) is 0. The van der Waals surface area contributed by atoms with Crippen LogP contribution in [0.25, 0.3) is 22.3 Å². The van der Waals surface area contributed by atoms with Crippen LogP contribution in [0.3, 0.4) is 0 Å². The Morgan fingerprint density at radius 1 is 1.19 bits per heavy atom. The van der Waals surface area contributed by atoms with Gasteiger partial charge in [0.05, 0.1) is 12.4 Å². The molecule has 2 aromatic carbocycles. The zero-order valence-electron chi connectivity index (χ0n) is 17.2. The van der Waals surface area contributed by atoms with Crippen molar-refractivity contribution in [1.29, 1.82) is 0 Å². The van der Waals surface area contributed by atoms with Gasteiger partial charge in [-0.25, -0.2) is 4.68 Å². The van der Waals surface area contributed by atoms with E-state index in [9.17, 15) is 4.79 Å². The standard InChI is InChI=1S/C22H24N6O2S/c1-2-30-17-9-7-15(8-10-17)21-26-27-22(28(21)23)31-14-20(29)24-12-11-16-13-25-19-6-4-3-5-18(16)19/h3-10,13,25H,2,11-12,14,23H2,1H3,(H,24,29). The molecular formula is C22H24N6O2S. The molecule has 0 saturated heterocycles. The Morgan fingerprint density at radius 2 is 2.00 bits per heavy atom. The molecule has 0 aliphatic rings. The minimum Gasteiger partial charge on any atom is -0.494 e. The van der Waals surface area contributed by atoms with Gasteiger partial charge in [-0.1, -0.05) is 30.0 Å². The number of para-hydroxylation sites is 1. The number of nitrogen functional groups attached to an aromatic ring is 1. The van der Waals surface area contributed by atoms with Gasteiger partial charge < -0.3 is 20.9 Å². The largest absolute Gasteiger partial charge is 0.494 e. The molecule has 9 heteroatoms. The highest BCUT2D eigenvalue weighted by atomic mass is 32.2. The quantitative estimate of drug-likeness (QED) is 0.275. The number of aromatic nitrogens is 4. The molecule has 4 N–H and O–H groups in total. The number of rotatable bonds is 9. The molecule has 160 valence electrons. The van der Waals surface area contributed by atoms with Crippen molar-refractivity contribution in [3.63, 3.8) is 0 Å². The van der Waals surface area contributed by atoms with Crippen LogP contribution in [-0.2, 0) is 11.2 Å². The minimum absolute atomic E-state index is 0.0736. The number of nitrogens with two attached hydrogens (primary N) is 1. The molecule has 2 aromatic heterocycles. The highest BCUT2D eigenvalue weighted by molar-refractivity contribution is 7.99. The van der Waals surface area contributed by atoms with Gasteiger partial charge in [0.25, 0.3) is 0 Å². The Labute approximate surface area is 184 Å². The number of ether oxygens (including phenoxy) is 1. The van der Waals surface area contributed by atoms with Crippen LogP contribution < -0.4 is 15.9 Å². The minimum atomic E-state index is -0.0736. The molecule has 2 heterocycles. The summed E-state index contributed by atoms with van der Waals surface area (Å²) >= 11 is 1.25. The average molecular weight is 437 g/mol. The van der Waals surface area contributed by atoms with Crippen molar-refractivity contribution in [2.75, 3.05) is 24.7 Å². The third-order valence-electron chi connectivity index (χ3n) is 4.81. The fourth-order valence-electron chi connectivity index (χ4n) is 3.30. The Bertz CT molecular complexity index is 1170. The summed E-state index contributed by atoms with van der Waals surface area (Å²) in [5.41, 5.74) is 3.11. The Morgan fingerprint density at radius 3 is 2.81 bits per heavy atom. The van der Waals surface area contributed by atoms with Crippen molar-refractivity contribution < 1.29 is 9.53 Å². The number of fused-ring (bicyclic) bond motifs is 1. The highest BCUT2D eigenvalue weighted by Gasteiger charge is 2.14. The first-order chi connectivity index (χ1) is 15.2. The lowest BCUT2D eigenvalue weighted by molar-refractivity contribution is -0.118. The average Bonchev–Trinajstić information content (AvgIpc) is 3.37. The molecule has 0 aliphatic carbocycles. The second kappa shape index (κ2) is 9.57. The van der Waals surface area contributed by atoms with Crippen molar-refractivity contribution in [3.8, 4) is 17.1 Å². The Kier molecular flexibility index (Phi) is 6.42. The smallest absolute Gasteiger partial charge is 0.230 e. The monoisotopic (exact) mass is 436 g/mol. The number of H-pyrrole nitrogens is 1. The molecule has 0 saturated carbocycles. The Balaban J connectivity index is 1.28. The van der Waals surface area contributed by atoms with Crippen molar-refractivity contribution in [3.05, 3.63) is 60.3 Å². The van der Waals surface area contributed by atoms with E-state index < -0.39 is 0 Å². The van der Waals surface area contributed by atoms with Crippen LogP contribution in [0.2, 0.25) is 0 Å². The number of nitrogens with zero attached hydrogens (tertiary/aromatic N) is 3. The lowest BCUT2D eigenvalue weighted by Crippen LogP contribution is -2.27. The van der Waals surface area contributed by atoms with Crippen LogP contribution in [-0.4, -0.2) is 44.7 Å². The van der Waals surface area contributed by atoms with Gasteiger partial charge in [-0.2, -0.15) is 0 Å². The van der Waals surface area contributed by atoms with Crippen LogP contribution in [0.4, 0.5) is 0 Å². The maximum absolute atomic E-state index is 12.2. The fraction of sp³-hybridized carbons (Fsp3) is 0.227. The number of amides is 1. The van der Waals surface area contributed by atoms with E-state index >= 15 is 0 Å². The molecule has 4 aromatic rings. The number of hydrogen-bond acceptors (Lipinski definition) is 6. The molecule has 0 bridgehead atoms. The van der Waals surface area contributed by atoms with E-state index in [2.05, 4.69) is 26.6 Å². The summed E-state index contributed by atoms with van der Waals surface area (Å²) in [5, 5.41) is 12.9. The number of thioether (sulfide) groups is 1. The number of hydrogen-bond donors (Lipinski definition) is 3. The predicted molar refractivity (Wildman–Crippen MR) is 123 cm³/mol. The van der Waals surface area contributed by atoms with Crippen LogP contribution in [0.15, 0.2) is 59.9 Å². The fourth-order valence-corrected chi connectivity index (χ4v) is 3.98. The molecule has 31 heavy (non-hydrogen) atoms. The molecule has 0 atom stereocenters. The van der Waals surface area contributed by atoms with E-state index in [0.717, 1.165) is 23.3 Å². The van der Waals surface area contributed by atoms with Gasteiger partial charge in [-0.05, 0) is 49.2 Å². The van der Waals surface area contributed by atoms with Gasteiger partial charge in [0.1, 0.15) is 5.75 Å². The summed E-state index contributed by atoms with van der Waals surface area (Å²) in [6.07, 6.45) is 2.75. The molecule has 0 spiro atoms. The number of carbonyl (C=O) groups excluding carboxylic acids is 1. The molecular weight excluding hydrogens is 412 g/mol. The Hall–Kier alpha value is -3.46. The van der Waals surface area contributed by atoms with Crippen molar-refractivity contribution in [2.24, 2.45) is 0 Å². The van der Waals surface area contributed by atoms with E-state index in [1.165, 1.54) is 27.4 Å².